The first-order valence-electron chi connectivity index (χ1n) is 10.6. The molecule has 0 N–H and O–H groups in total. The molecule has 2 aromatic carbocycles. The molecule has 3 saturated heterocycles. The summed E-state index contributed by atoms with van der Waals surface area (Å²) in [6, 6.07) is 18.3. The van der Waals surface area contributed by atoms with Gasteiger partial charge in [-0.25, -0.2) is 4.79 Å². The summed E-state index contributed by atoms with van der Waals surface area (Å²) >= 11 is 0. The van der Waals surface area contributed by atoms with Crippen LogP contribution in [0, 0.1) is 0 Å². The maximum atomic E-state index is 13.4. The summed E-state index contributed by atoms with van der Waals surface area (Å²) in [5.74, 6) is -0.821. The van der Waals surface area contributed by atoms with Gasteiger partial charge in [0.1, 0.15) is 18.8 Å². The predicted octanol–water partition coefficient (Wildman–Crippen LogP) is 3.11. The van der Waals surface area contributed by atoms with Crippen LogP contribution in [0.25, 0.3) is 0 Å². The monoisotopic (exact) mass is 422 g/mol. The number of rotatable bonds is 5. The lowest BCUT2D eigenvalue weighted by molar-refractivity contribution is -0.182. The zero-order chi connectivity index (χ0) is 21.6. The van der Waals surface area contributed by atoms with E-state index in [0.29, 0.717) is 13.2 Å². The van der Waals surface area contributed by atoms with E-state index in [1.807, 2.05) is 74.5 Å². The van der Waals surface area contributed by atoms with Gasteiger partial charge in [-0.2, -0.15) is 0 Å². The van der Waals surface area contributed by atoms with Gasteiger partial charge in [-0.1, -0.05) is 60.7 Å². The van der Waals surface area contributed by atoms with E-state index in [0.717, 1.165) is 11.1 Å². The molecule has 7 heteroatoms. The second kappa shape index (κ2) is 7.66. The maximum absolute atomic E-state index is 13.4. The van der Waals surface area contributed by atoms with Crippen molar-refractivity contribution in [2.45, 2.75) is 50.4 Å². The molecule has 0 spiro atoms. The van der Waals surface area contributed by atoms with Crippen LogP contribution < -0.4 is 0 Å². The van der Waals surface area contributed by atoms with Crippen molar-refractivity contribution in [3.8, 4) is 0 Å². The first-order chi connectivity index (χ1) is 14.9. The minimum absolute atomic E-state index is 0.0954. The van der Waals surface area contributed by atoms with Gasteiger partial charge in [-0.05, 0) is 25.0 Å². The first-order valence-corrected chi connectivity index (χ1v) is 10.6. The van der Waals surface area contributed by atoms with Gasteiger partial charge in [-0.3, -0.25) is 9.69 Å². The number of ether oxygens (including phenoxy) is 3. The van der Waals surface area contributed by atoms with Crippen molar-refractivity contribution in [2.24, 2.45) is 0 Å². The Morgan fingerprint density at radius 2 is 1.65 bits per heavy atom. The highest BCUT2D eigenvalue weighted by Gasteiger charge is 2.60. The Labute approximate surface area is 181 Å². The van der Waals surface area contributed by atoms with E-state index >= 15 is 0 Å². The van der Waals surface area contributed by atoms with Crippen LogP contribution in [0.1, 0.15) is 31.0 Å². The molecule has 4 atom stereocenters. The third-order valence-electron chi connectivity index (χ3n) is 6.22. The van der Waals surface area contributed by atoms with Crippen LogP contribution >= 0.6 is 0 Å². The third kappa shape index (κ3) is 3.58. The molecule has 162 valence electrons. The Balaban J connectivity index is 1.46. The van der Waals surface area contributed by atoms with Crippen LogP contribution in [0.3, 0.4) is 0 Å². The van der Waals surface area contributed by atoms with Gasteiger partial charge >= 0.3 is 6.09 Å². The molecule has 2 aromatic rings. The summed E-state index contributed by atoms with van der Waals surface area (Å²) in [7, 11) is 0. The van der Waals surface area contributed by atoms with E-state index in [-0.39, 0.29) is 30.7 Å². The summed E-state index contributed by atoms with van der Waals surface area (Å²) in [6.07, 6.45) is -0.791. The SMILES string of the molecule is CC1(C)OC[C@H]([C@H]2[C@@H](N3C(=O)OC[C@@H]3c3ccccc3)C(=O)N2Cc2ccccc2)O1. The van der Waals surface area contributed by atoms with E-state index in [1.165, 1.54) is 0 Å². The zero-order valence-electron chi connectivity index (χ0n) is 17.6. The molecule has 0 radical (unpaired) electrons. The molecule has 7 nitrogen and oxygen atoms in total. The van der Waals surface area contributed by atoms with Gasteiger partial charge in [0.15, 0.2) is 5.79 Å². The highest BCUT2D eigenvalue weighted by Crippen LogP contribution is 2.41. The quantitative estimate of drug-likeness (QED) is 0.693. The van der Waals surface area contributed by atoms with E-state index < -0.39 is 17.9 Å². The van der Waals surface area contributed by atoms with Crippen LogP contribution in [0.2, 0.25) is 0 Å². The van der Waals surface area contributed by atoms with Gasteiger partial charge < -0.3 is 19.1 Å². The van der Waals surface area contributed by atoms with Gasteiger partial charge in [0.2, 0.25) is 5.91 Å². The molecule has 3 heterocycles. The Morgan fingerprint density at radius 3 is 2.29 bits per heavy atom. The number of amides is 2. The maximum Gasteiger partial charge on any atom is 0.411 e. The van der Waals surface area contributed by atoms with Crippen LogP contribution in [-0.4, -0.2) is 59.0 Å². The topological polar surface area (TPSA) is 68.3 Å². The van der Waals surface area contributed by atoms with Crippen LogP contribution in [0.4, 0.5) is 4.79 Å². The number of β-lactam (4-membered cyclic amide) rings is 1. The predicted molar refractivity (Wildman–Crippen MR) is 112 cm³/mol. The normalized spacial score (nSPS) is 29.7. The minimum Gasteiger partial charge on any atom is -0.447 e. The van der Waals surface area contributed by atoms with Crippen molar-refractivity contribution in [3.63, 3.8) is 0 Å². The molecule has 3 fully saturated rings. The number of cyclic esters (lactones) is 1. The fourth-order valence-corrected chi connectivity index (χ4v) is 4.76. The van der Waals surface area contributed by atoms with Crippen LogP contribution in [0.5, 0.6) is 0 Å². The molecule has 3 aliphatic rings. The number of nitrogens with zero attached hydrogens (tertiary/aromatic N) is 2. The van der Waals surface area contributed by atoms with Crippen molar-refractivity contribution < 1.29 is 23.8 Å². The summed E-state index contributed by atoms with van der Waals surface area (Å²) < 4.78 is 17.3. The number of benzene rings is 2. The van der Waals surface area contributed by atoms with Gasteiger partial charge in [0, 0.05) is 6.54 Å². The lowest BCUT2D eigenvalue weighted by Gasteiger charge is -2.52. The Hall–Kier alpha value is -2.90. The lowest BCUT2D eigenvalue weighted by Crippen LogP contribution is -2.74. The fourth-order valence-electron chi connectivity index (χ4n) is 4.76. The number of hydrogen-bond donors (Lipinski definition) is 0. The molecule has 0 aromatic heterocycles. The Kier molecular flexibility index (Phi) is 4.95. The molecular formula is C24H26N2O5. The number of carbonyl (C=O) groups excluding carboxylic acids is 2. The van der Waals surface area contributed by atoms with Crippen molar-refractivity contribution in [3.05, 3.63) is 71.8 Å². The lowest BCUT2D eigenvalue weighted by atomic mass is 9.87. The average molecular weight is 422 g/mol. The Bertz CT molecular complexity index is 964. The van der Waals surface area contributed by atoms with E-state index in [4.69, 9.17) is 14.2 Å². The molecule has 0 aliphatic carbocycles. The van der Waals surface area contributed by atoms with E-state index in [1.54, 1.807) is 9.80 Å². The average Bonchev–Trinajstić information content (AvgIpc) is 3.32. The van der Waals surface area contributed by atoms with Crippen LogP contribution in [-0.2, 0) is 25.5 Å². The Morgan fingerprint density at radius 1 is 0.968 bits per heavy atom. The molecular weight excluding hydrogens is 396 g/mol. The van der Waals surface area contributed by atoms with Crippen molar-refractivity contribution >= 4 is 12.0 Å². The van der Waals surface area contributed by atoms with Gasteiger partial charge in [0.25, 0.3) is 0 Å². The summed E-state index contributed by atoms with van der Waals surface area (Å²) in [4.78, 5) is 29.5. The molecule has 0 bridgehead atoms. The zero-order valence-corrected chi connectivity index (χ0v) is 17.6. The van der Waals surface area contributed by atoms with Crippen molar-refractivity contribution in [1.29, 1.82) is 0 Å². The van der Waals surface area contributed by atoms with E-state index in [2.05, 4.69) is 0 Å². The second-order valence-electron chi connectivity index (χ2n) is 8.66. The van der Waals surface area contributed by atoms with Crippen LogP contribution in [0.15, 0.2) is 60.7 Å². The minimum atomic E-state index is -0.726. The molecule has 0 saturated carbocycles. The summed E-state index contributed by atoms with van der Waals surface area (Å²) in [6.45, 7) is 4.78. The molecule has 3 aliphatic heterocycles. The molecule has 0 unspecified atom stereocenters. The standard InChI is InChI=1S/C24H26N2O5/c1-24(2)30-15-19(31-24)20-21(22(27)25(20)13-16-9-5-3-6-10-16)26-18(14-29-23(26)28)17-11-7-4-8-12-17/h3-12,18-21H,13-15H2,1-2H3/t18-,19-,20+,21-/m1/s1. The fraction of sp³-hybridized carbons (Fsp3) is 0.417. The molecule has 31 heavy (non-hydrogen) atoms. The smallest absolute Gasteiger partial charge is 0.411 e. The van der Waals surface area contributed by atoms with E-state index in [9.17, 15) is 9.59 Å². The first kappa shape index (κ1) is 20.0. The molecule has 5 rings (SSSR count). The number of carbonyl (C=O) groups is 2. The number of likely N-dealkylation sites (tertiary alicyclic amines) is 1. The largest absolute Gasteiger partial charge is 0.447 e. The summed E-state index contributed by atoms with van der Waals surface area (Å²) in [5.41, 5.74) is 1.98. The van der Waals surface area contributed by atoms with Crippen molar-refractivity contribution in [2.75, 3.05) is 13.2 Å². The highest BCUT2D eigenvalue weighted by molar-refractivity contribution is 5.93. The van der Waals surface area contributed by atoms with Gasteiger partial charge in [0.05, 0.1) is 18.7 Å². The molecule has 2 amide bonds. The van der Waals surface area contributed by atoms with Gasteiger partial charge in [-0.15, -0.1) is 0 Å². The number of hydrogen-bond acceptors (Lipinski definition) is 5. The highest BCUT2D eigenvalue weighted by atomic mass is 16.7. The third-order valence-corrected chi connectivity index (χ3v) is 6.22. The summed E-state index contributed by atoms with van der Waals surface area (Å²) in [5, 5.41) is 0. The second-order valence-corrected chi connectivity index (χ2v) is 8.66. The van der Waals surface area contributed by atoms with Crippen molar-refractivity contribution in [1.82, 2.24) is 9.80 Å².